The summed E-state index contributed by atoms with van der Waals surface area (Å²) in [6, 6.07) is 17.2. The van der Waals surface area contributed by atoms with Crippen molar-refractivity contribution >= 4 is 41.2 Å². The number of amides is 5. The topological polar surface area (TPSA) is 132 Å². The van der Waals surface area contributed by atoms with Gasteiger partial charge in [0.2, 0.25) is 0 Å². The van der Waals surface area contributed by atoms with Crippen molar-refractivity contribution in [3.63, 3.8) is 0 Å². The summed E-state index contributed by atoms with van der Waals surface area (Å²) in [5.41, 5.74) is 0.827. The molecule has 0 unspecified atom stereocenters. The summed E-state index contributed by atoms with van der Waals surface area (Å²) < 4.78 is 22.2. The molecule has 11 heteroatoms. The molecule has 1 aliphatic heterocycles. The molecule has 0 bridgehead atoms. The van der Waals surface area contributed by atoms with Crippen molar-refractivity contribution in [3.05, 3.63) is 77.9 Å². The standard InChI is InChI=1S/C31H31N3O8/c1-4-16-41-26-15-12-22(18-27(26)40-5-2)34-30(37)24(29(36)33-31(34)38)17-20-8-6-7-9-25(20)42-19-28(35)32-21-10-13-23(39-3)14-11-21/h6-15,17-18H,4-5,16,19H2,1-3H3,(H,32,35)(H,33,36,38)/b24-17+. The van der Waals surface area contributed by atoms with Crippen molar-refractivity contribution < 1.29 is 38.1 Å². The first-order chi connectivity index (χ1) is 20.3. The van der Waals surface area contributed by atoms with E-state index in [4.69, 9.17) is 18.9 Å². The summed E-state index contributed by atoms with van der Waals surface area (Å²) >= 11 is 0. The highest BCUT2D eigenvalue weighted by atomic mass is 16.5. The maximum absolute atomic E-state index is 13.5. The summed E-state index contributed by atoms with van der Waals surface area (Å²) in [4.78, 5) is 52.3. The maximum atomic E-state index is 13.5. The van der Waals surface area contributed by atoms with Gasteiger partial charge in [-0.3, -0.25) is 19.7 Å². The Hall–Kier alpha value is -5.32. The number of barbiturate groups is 1. The zero-order valence-corrected chi connectivity index (χ0v) is 23.5. The average Bonchev–Trinajstić information content (AvgIpc) is 2.98. The first-order valence-electron chi connectivity index (χ1n) is 13.3. The van der Waals surface area contributed by atoms with Crippen LogP contribution >= 0.6 is 0 Å². The molecule has 3 aromatic carbocycles. The van der Waals surface area contributed by atoms with Crippen LogP contribution in [0.2, 0.25) is 0 Å². The Morgan fingerprint density at radius 2 is 1.67 bits per heavy atom. The van der Waals surface area contributed by atoms with E-state index in [9.17, 15) is 19.2 Å². The van der Waals surface area contributed by atoms with Crippen LogP contribution in [0, 0.1) is 0 Å². The molecule has 218 valence electrons. The van der Waals surface area contributed by atoms with Crippen molar-refractivity contribution in [1.29, 1.82) is 0 Å². The van der Waals surface area contributed by atoms with Gasteiger partial charge in [-0.15, -0.1) is 0 Å². The Labute approximate surface area is 243 Å². The number of nitrogens with one attached hydrogen (secondary N) is 2. The van der Waals surface area contributed by atoms with E-state index in [-0.39, 0.29) is 23.6 Å². The van der Waals surface area contributed by atoms with E-state index in [0.717, 1.165) is 11.3 Å². The van der Waals surface area contributed by atoms with Crippen LogP contribution in [0.1, 0.15) is 25.8 Å². The maximum Gasteiger partial charge on any atom is 0.335 e. The van der Waals surface area contributed by atoms with Crippen molar-refractivity contribution in [2.24, 2.45) is 0 Å². The lowest BCUT2D eigenvalue weighted by molar-refractivity contribution is -0.122. The molecule has 11 nitrogen and oxygen atoms in total. The summed E-state index contributed by atoms with van der Waals surface area (Å²) in [7, 11) is 1.55. The van der Waals surface area contributed by atoms with Gasteiger partial charge in [-0.05, 0) is 61.9 Å². The van der Waals surface area contributed by atoms with Crippen LogP contribution in [0.15, 0.2) is 72.3 Å². The van der Waals surface area contributed by atoms with Gasteiger partial charge in [0.25, 0.3) is 17.7 Å². The van der Waals surface area contributed by atoms with Crippen molar-refractivity contribution in [3.8, 4) is 23.0 Å². The fraction of sp³-hybridized carbons (Fsp3) is 0.226. The van der Waals surface area contributed by atoms with Crippen LogP contribution in [-0.2, 0) is 14.4 Å². The van der Waals surface area contributed by atoms with Gasteiger partial charge in [0.1, 0.15) is 17.1 Å². The van der Waals surface area contributed by atoms with Gasteiger partial charge in [-0.25, -0.2) is 9.69 Å². The van der Waals surface area contributed by atoms with Crippen molar-refractivity contribution in [2.45, 2.75) is 20.3 Å². The molecular weight excluding hydrogens is 542 g/mol. The smallest absolute Gasteiger partial charge is 0.335 e. The summed E-state index contributed by atoms with van der Waals surface area (Å²) in [6.07, 6.45) is 2.10. The van der Waals surface area contributed by atoms with E-state index in [1.807, 2.05) is 6.92 Å². The highest BCUT2D eigenvalue weighted by Gasteiger charge is 2.37. The molecular formula is C31H31N3O8. The molecule has 3 aromatic rings. The Morgan fingerprint density at radius 3 is 2.38 bits per heavy atom. The summed E-state index contributed by atoms with van der Waals surface area (Å²) in [5.74, 6) is -0.362. The lowest BCUT2D eigenvalue weighted by Gasteiger charge is -2.27. The van der Waals surface area contributed by atoms with Gasteiger partial charge in [0, 0.05) is 17.3 Å². The Balaban J connectivity index is 1.54. The zero-order chi connectivity index (χ0) is 30.1. The molecule has 0 radical (unpaired) electrons. The van der Waals surface area contributed by atoms with E-state index < -0.39 is 23.8 Å². The number of carbonyl (C=O) groups is 4. The highest BCUT2D eigenvalue weighted by Crippen LogP contribution is 2.34. The third-order valence-corrected chi connectivity index (χ3v) is 6.00. The molecule has 1 saturated heterocycles. The molecule has 5 amide bonds. The fourth-order valence-electron chi connectivity index (χ4n) is 4.03. The molecule has 0 aromatic heterocycles. The number of ether oxygens (including phenoxy) is 4. The second-order valence-electron chi connectivity index (χ2n) is 8.97. The summed E-state index contributed by atoms with van der Waals surface area (Å²) in [6.45, 7) is 4.25. The van der Waals surface area contributed by atoms with Gasteiger partial charge in [0.15, 0.2) is 18.1 Å². The minimum Gasteiger partial charge on any atom is -0.497 e. The Bertz CT molecular complexity index is 1500. The molecule has 1 fully saturated rings. The minimum atomic E-state index is -0.897. The van der Waals surface area contributed by atoms with Crippen LogP contribution in [-0.4, -0.2) is 50.7 Å². The number of para-hydroxylation sites is 1. The quantitative estimate of drug-likeness (QED) is 0.238. The zero-order valence-electron chi connectivity index (χ0n) is 23.5. The molecule has 0 spiro atoms. The monoisotopic (exact) mass is 573 g/mol. The first kappa shape index (κ1) is 29.7. The van der Waals surface area contributed by atoms with Gasteiger partial charge < -0.3 is 24.3 Å². The average molecular weight is 574 g/mol. The number of hydrogen-bond donors (Lipinski definition) is 2. The van der Waals surface area contributed by atoms with Crippen LogP contribution in [0.25, 0.3) is 6.08 Å². The van der Waals surface area contributed by atoms with E-state index in [1.165, 1.54) is 18.2 Å². The van der Waals surface area contributed by atoms with Gasteiger partial charge in [-0.2, -0.15) is 0 Å². The highest BCUT2D eigenvalue weighted by molar-refractivity contribution is 6.39. The minimum absolute atomic E-state index is 0.197. The number of methoxy groups -OCH3 is 1. The first-order valence-corrected chi connectivity index (χ1v) is 13.3. The fourth-order valence-corrected chi connectivity index (χ4v) is 4.03. The molecule has 2 N–H and O–H groups in total. The van der Waals surface area contributed by atoms with Gasteiger partial charge >= 0.3 is 6.03 Å². The van der Waals surface area contributed by atoms with Crippen molar-refractivity contribution in [2.75, 3.05) is 37.1 Å². The van der Waals surface area contributed by atoms with E-state index in [0.29, 0.717) is 41.7 Å². The summed E-state index contributed by atoms with van der Waals surface area (Å²) in [5, 5.41) is 4.93. The largest absolute Gasteiger partial charge is 0.497 e. The van der Waals surface area contributed by atoms with E-state index in [2.05, 4.69) is 10.6 Å². The number of benzene rings is 3. The SMILES string of the molecule is CCCOc1ccc(N2C(=O)NC(=O)/C(=C\c3ccccc3OCC(=O)Nc3ccc(OC)cc3)C2=O)cc1OCC. The number of nitrogens with zero attached hydrogens (tertiary/aromatic N) is 1. The predicted molar refractivity (Wildman–Crippen MR) is 156 cm³/mol. The molecule has 0 atom stereocenters. The molecule has 1 heterocycles. The lowest BCUT2D eigenvalue weighted by Crippen LogP contribution is -2.54. The van der Waals surface area contributed by atoms with Crippen LogP contribution < -0.4 is 34.5 Å². The molecule has 0 saturated carbocycles. The van der Waals surface area contributed by atoms with Gasteiger partial charge in [-0.1, -0.05) is 25.1 Å². The normalized spacial score (nSPS) is 13.9. The Kier molecular flexibility index (Phi) is 9.77. The number of anilines is 2. The molecule has 4 rings (SSSR count). The third kappa shape index (κ3) is 7.05. The lowest BCUT2D eigenvalue weighted by atomic mass is 10.1. The van der Waals surface area contributed by atoms with Crippen molar-refractivity contribution in [1.82, 2.24) is 5.32 Å². The molecule has 42 heavy (non-hydrogen) atoms. The second kappa shape index (κ2) is 13.8. The number of imide groups is 2. The second-order valence-corrected chi connectivity index (χ2v) is 8.97. The van der Waals surface area contributed by atoms with Crippen LogP contribution in [0.5, 0.6) is 23.0 Å². The van der Waals surface area contributed by atoms with E-state index in [1.54, 1.807) is 68.6 Å². The van der Waals surface area contributed by atoms with Crippen LogP contribution in [0.4, 0.5) is 16.2 Å². The van der Waals surface area contributed by atoms with E-state index >= 15 is 0 Å². The van der Waals surface area contributed by atoms with Gasteiger partial charge in [0.05, 0.1) is 26.0 Å². The number of rotatable bonds is 12. The Morgan fingerprint density at radius 1 is 0.905 bits per heavy atom. The predicted octanol–water partition coefficient (Wildman–Crippen LogP) is 4.57. The number of hydrogen-bond acceptors (Lipinski definition) is 8. The number of urea groups is 1. The van der Waals surface area contributed by atoms with Crippen LogP contribution in [0.3, 0.4) is 0 Å². The third-order valence-electron chi connectivity index (χ3n) is 6.00. The molecule has 1 aliphatic rings. The molecule has 0 aliphatic carbocycles. The number of carbonyl (C=O) groups excluding carboxylic acids is 4.